The molecule has 1 amide bonds. The van der Waals surface area contributed by atoms with Crippen molar-refractivity contribution in [2.24, 2.45) is 5.92 Å². The highest BCUT2D eigenvalue weighted by Crippen LogP contribution is 2.23. The van der Waals surface area contributed by atoms with E-state index in [2.05, 4.69) is 29.5 Å². The Kier molecular flexibility index (Phi) is 6.10. The molecule has 0 spiro atoms. The molecule has 1 fully saturated rings. The predicted octanol–water partition coefficient (Wildman–Crippen LogP) is 4.18. The molecule has 2 N–H and O–H groups in total. The highest BCUT2D eigenvalue weighted by Gasteiger charge is 2.22. The summed E-state index contributed by atoms with van der Waals surface area (Å²) in [4.78, 5) is 14.3. The van der Waals surface area contributed by atoms with Crippen molar-refractivity contribution < 1.29 is 9.53 Å². The quantitative estimate of drug-likeness (QED) is 0.868. The molecule has 1 aromatic carbocycles. The number of rotatable bonds is 4. The first-order valence-electron chi connectivity index (χ1n) is 8.78. The zero-order chi connectivity index (χ0) is 17.7. The normalized spacial score (nSPS) is 20.3. The fraction of sp³-hybridized carbons (Fsp3) is 0.632. The Hall–Kier alpha value is -1.75. The van der Waals surface area contributed by atoms with Crippen LogP contribution in [0.4, 0.5) is 16.2 Å². The molecule has 1 aromatic rings. The lowest BCUT2D eigenvalue weighted by Crippen LogP contribution is -2.39. The number of carbonyl (C=O) groups excluding carboxylic acids is 1. The van der Waals surface area contributed by atoms with E-state index in [1.165, 1.54) is 19.4 Å². The summed E-state index contributed by atoms with van der Waals surface area (Å²) in [7, 11) is 2.18. The lowest BCUT2D eigenvalue weighted by atomic mass is 9.92. The molecular formula is C19H31N3O2. The van der Waals surface area contributed by atoms with Gasteiger partial charge in [0.25, 0.3) is 0 Å². The van der Waals surface area contributed by atoms with Gasteiger partial charge in [0.05, 0.1) is 0 Å². The molecule has 5 heteroatoms. The number of hydrogen-bond donors (Lipinski definition) is 2. The lowest BCUT2D eigenvalue weighted by molar-refractivity contribution is 0.0636. The van der Waals surface area contributed by atoms with Crippen LogP contribution in [0.5, 0.6) is 0 Å². The van der Waals surface area contributed by atoms with E-state index in [-0.39, 0.29) is 0 Å². The lowest BCUT2D eigenvalue weighted by Gasteiger charge is -2.34. The third-order valence-corrected chi connectivity index (χ3v) is 4.27. The van der Waals surface area contributed by atoms with Crippen LogP contribution in [0, 0.1) is 5.92 Å². The van der Waals surface area contributed by atoms with Gasteiger partial charge in [-0.15, -0.1) is 0 Å². The van der Waals surface area contributed by atoms with Gasteiger partial charge in [0, 0.05) is 24.0 Å². The number of anilines is 2. The monoisotopic (exact) mass is 333 g/mol. The van der Waals surface area contributed by atoms with Crippen molar-refractivity contribution in [3.05, 3.63) is 24.3 Å². The topological polar surface area (TPSA) is 53.6 Å². The summed E-state index contributed by atoms with van der Waals surface area (Å²) < 4.78 is 5.29. The molecule has 24 heavy (non-hydrogen) atoms. The highest BCUT2D eigenvalue weighted by molar-refractivity contribution is 5.85. The summed E-state index contributed by atoms with van der Waals surface area (Å²) in [5.41, 5.74) is 1.26. The first-order chi connectivity index (χ1) is 11.2. The molecule has 5 nitrogen and oxygen atoms in total. The zero-order valence-electron chi connectivity index (χ0n) is 15.6. The van der Waals surface area contributed by atoms with E-state index in [1.54, 1.807) is 0 Å². The van der Waals surface area contributed by atoms with E-state index in [0.29, 0.717) is 12.0 Å². The minimum absolute atomic E-state index is 0.393. The molecular weight excluding hydrogens is 302 g/mol. The molecule has 2 rings (SSSR count). The van der Waals surface area contributed by atoms with Gasteiger partial charge >= 0.3 is 6.09 Å². The first kappa shape index (κ1) is 18.6. The van der Waals surface area contributed by atoms with E-state index in [9.17, 15) is 4.79 Å². The summed E-state index contributed by atoms with van der Waals surface area (Å²) in [5, 5.41) is 6.36. The fourth-order valence-corrected chi connectivity index (χ4v) is 3.10. The fourth-order valence-electron chi connectivity index (χ4n) is 3.10. The van der Waals surface area contributed by atoms with Gasteiger partial charge in [0.15, 0.2) is 0 Å². The Balaban J connectivity index is 1.93. The van der Waals surface area contributed by atoms with Gasteiger partial charge in [-0.1, -0.05) is 6.07 Å². The van der Waals surface area contributed by atoms with Gasteiger partial charge in [-0.3, -0.25) is 5.32 Å². The van der Waals surface area contributed by atoms with Crippen molar-refractivity contribution in [2.45, 2.75) is 52.2 Å². The van der Waals surface area contributed by atoms with Crippen molar-refractivity contribution in [3.8, 4) is 0 Å². The molecule has 0 aromatic heterocycles. The minimum atomic E-state index is -0.499. The van der Waals surface area contributed by atoms with Gasteiger partial charge in [-0.2, -0.15) is 0 Å². The maximum absolute atomic E-state index is 11.9. The number of hydrogen-bond acceptors (Lipinski definition) is 4. The van der Waals surface area contributed by atoms with Crippen molar-refractivity contribution in [1.29, 1.82) is 0 Å². The van der Waals surface area contributed by atoms with Crippen molar-refractivity contribution in [1.82, 2.24) is 4.90 Å². The van der Waals surface area contributed by atoms with Crippen molar-refractivity contribution in [2.75, 3.05) is 30.8 Å². The molecule has 1 heterocycles. The number of carbonyl (C=O) groups is 1. The van der Waals surface area contributed by atoms with Crippen LogP contribution in [0.1, 0.15) is 40.5 Å². The second kappa shape index (κ2) is 7.88. The van der Waals surface area contributed by atoms with Gasteiger partial charge in [0.1, 0.15) is 5.60 Å². The Morgan fingerprint density at radius 3 is 2.71 bits per heavy atom. The van der Waals surface area contributed by atoms with Gasteiger partial charge < -0.3 is 15.0 Å². The molecule has 2 unspecified atom stereocenters. The van der Waals surface area contributed by atoms with Crippen LogP contribution in [0.3, 0.4) is 0 Å². The largest absolute Gasteiger partial charge is 0.444 e. The SMILES string of the molecule is CC(Nc1cccc(NC(=O)OC(C)(C)C)c1)C1CCCN(C)C1. The van der Waals surface area contributed by atoms with E-state index in [1.807, 2.05) is 45.0 Å². The molecule has 134 valence electrons. The number of piperidine rings is 1. The smallest absolute Gasteiger partial charge is 0.412 e. The number of amides is 1. The van der Waals surface area contributed by atoms with Crippen LogP contribution in [-0.4, -0.2) is 42.8 Å². The summed E-state index contributed by atoms with van der Waals surface area (Å²) >= 11 is 0. The van der Waals surface area contributed by atoms with Crippen LogP contribution in [0.25, 0.3) is 0 Å². The molecule has 0 saturated carbocycles. The van der Waals surface area contributed by atoms with E-state index in [0.717, 1.165) is 17.9 Å². The van der Waals surface area contributed by atoms with Crippen LogP contribution in [0.2, 0.25) is 0 Å². The standard InChI is InChI=1S/C19H31N3O2/c1-14(15-8-7-11-22(5)13-15)20-16-9-6-10-17(12-16)21-18(23)24-19(2,3)4/h6,9-10,12,14-15,20H,7-8,11,13H2,1-5H3,(H,21,23). The van der Waals surface area contributed by atoms with E-state index >= 15 is 0 Å². The molecule has 0 radical (unpaired) electrons. The summed E-state index contributed by atoms with van der Waals surface area (Å²) in [6, 6.07) is 8.18. The maximum Gasteiger partial charge on any atom is 0.412 e. The van der Waals surface area contributed by atoms with E-state index in [4.69, 9.17) is 4.74 Å². The van der Waals surface area contributed by atoms with Crippen LogP contribution in [0.15, 0.2) is 24.3 Å². The number of nitrogens with one attached hydrogen (secondary N) is 2. The average molecular weight is 333 g/mol. The average Bonchev–Trinajstić information content (AvgIpc) is 2.45. The summed E-state index contributed by atoms with van der Waals surface area (Å²) in [6.45, 7) is 10.1. The molecule has 1 saturated heterocycles. The van der Waals surface area contributed by atoms with Gasteiger partial charge in [0.2, 0.25) is 0 Å². The van der Waals surface area contributed by atoms with E-state index < -0.39 is 11.7 Å². The second-order valence-corrected chi connectivity index (χ2v) is 7.81. The highest BCUT2D eigenvalue weighted by atomic mass is 16.6. The van der Waals surface area contributed by atoms with Crippen LogP contribution >= 0.6 is 0 Å². The molecule has 1 aliphatic rings. The third kappa shape index (κ3) is 6.04. The third-order valence-electron chi connectivity index (χ3n) is 4.27. The van der Waals surface area contributed by atoms with Crippen LogP contribution < -0.4 is 10.6 Å². The molecule has 0 aliphatic carbocycles. The van der Waals surface area contributed by atoms with Crippen molar-refractivity contribution >= 4 is 17.5 Å². The molecule has 2 atom stereocenters. The maximum atomic E-state index is 11.9. The molecule has 0 bridgehead atoms. The Bertz CT molecular complexity index is 554. The van der Waals surface area contributed by atoms with Crippen LogP contribution in [-0.2, 0) is 4.74 Å². The number of likely N-dealkylation sites (tertiary alicyclic amines) is 1. The van der Waals surface area contributed by atoms with Crippen molar-refractivity contribution in [3.63, 3.8) is 0 Å². The van der Waals surface area contributed by atoms with Gasteiger partial charge in [-0.05, 0) is 78.2 Å². The second-order valence-electron chi connectivity index (χ2n) is 7.81. The number of benzene rings is 1. The predicted molar refractivity (Wildman–Crippen MR) is 99.6 cm³/mol. The minimum Gasteiger partial charge on any atom is -0.444 e. The molecule has 1 aliphatic heterocycles. The first-order valence-corrected chi connectivity index (χ1v) is 8.78. The summed E-state index contributed by atoms with van der Waals surface area (Å²) in [6.07, 6.45) is 2.09. The zero-order valence-corrected chi connectivity index (χ0v) is 15.6. The summed E-state index contributed by atoms with van der Waals surface area (Å²) in [5.74, 6) is 0.645. The Morgan fingerprint density at radius 1 is 1.33 bits per heavy atom. The van der Waals surface area contributed by atoms with Gasteiger partial charge in [-0.25, -0.2) is 4.79 Å². The Morgan fingerprint density at radius 2 is 2.04 bits per heavy atom. The number of ether oxygens (including phenoxy) is 1. The number of nitrogens with zero attached hydrogens (tertiary/aromatic N) is 1. The Labute approximate surface area is 145 Å².